The van der Waals surface area contributed by atoms with Crippen LogP contribution in [0, 0.1) is 17.6 Å². The minimum atomic E-state index is -3.90. The minimum absolute atomic E-state index is 0.0160. The fourth-order valence-electron chi connectivity index (χ4n) is 6.95. The normalized spacial score (nSPS) is 16.0. The quantitative estimate of drug-likeness (QED) is 0.0846. The van der Waals surface area contributed by atoms with E-state index in [2.05, 4.69) is 0 Å². The summed E-state index contributed by atoms with van der Waals surface area (Å²) in [6.45, 7) is 4.79. The molecule has 0 amide bonds. The van der Waals surface area contributed by atoms with Crippen molar-refractivity contribution < 1.29 is 41.0 Å². The van der Waals surface area contributed by atoms with Gasteiger partial charge in [0.05, 0.1) is 19.1 Å². The third-order valence-electron chi connectivity index (χ3n) is 9.48. The zero-order valence-corrected chi connectivity index (χ0v) is 34.8. The number of rotatable bonds is 14. The van der Waals surface area contributed by atoms with Crippen LogP contribution in [0.3, 0.4) is 0 Å². The molecule has 0 aliphatic carbocycles. The first-order valence-corrected chi connectivity index (χ1v) is 21.5. The number of carbonyl (C=O) groups is 1. The SMILES string of the molecule is CB(O)N1[C@H](Cc2ccc(-c3cc(Cl)ccc3F)cc2)COS1(=O)=O.CCOC(=O)C(C[C@H](CB(C)O)Cc1ccc(-c2cc(Cl)ccc2F)cc1)c1cccs1. The van der Waals surface area contributed by atoms with E-state index in [-0.39, 0.29) is 36.0 Å². The Bertz CT molecular complexity index is 2200. The van der Waals surface area contributed by atoms with Crippen molar-refractivity contribution in [2.24, 2.45) is 5.92 Å². The summed E-state index contributed by atoms with van der Waals surface area (Å²) in [5.41, 5.74) is 4.20. The van der Waals surface area contributed by atoms with Gasteiger partial charge in [-0.15, -0.1) is 11.3 Å². The van der Waals surface area contributed by atoms with Crippen LogP contribution in [0.15, 0.2) is 102 Å². The molecule has 16 heteroatoms. The number of nitrogens with zero attached hydrogens (tertiary/aromatic N) is 1. The Kier molecular flexibility index (Phi) is 15.9. The number of esters is 1. The van der Waals surface area contributed by atoms with E-state index in [1.165, 1.54) is 31.1 Å². The van der Waals surface area contributed by atoms with Gasteiger partial charge < -0.3 is 14.8 Å². The van der Waals surface area contributed by atoms with Gasteiger partial charge in [0.2, 0.25) is 0 Å². The topological polar surface area (TPSA) is 113 Å². The summed E-state index contributed by atoms with van der Waals surface area (Å²) in [6, 6.07) is 27.1. The van der Waals surface area contributed by atoms with Crippen LogP contribution in [0.25, 0.3) is 22.3 Å². The van der Waals surface area contributed by atoms with Crippen molar-refractivity contribution in [3.05, 3.63) is 140 Å². The molecular weight excluding hydrogens is 813 g/mol. The molecule has 5 aromatic rings. The average Bonchev–Trinajstić information content (AvgIpc) is 3.81. The van der Waals surface area contributed by atoms with Crippen LogP contribution < -0.4 is 0 Å². The highest BCUT2D eigenvalue weighted by Gasteiger charge is 2.43. The summed E-state index contributed by atoms with van der Waals surface area (Å²) in [5.74, 6) is -1.17. The minimum Gasteiger partial charge on any atom is -0.465 e. The first kappa shape index (κ1) is 44.5. The van der Waals surface area contributed by atoms with Crippen LogP contribution >= 0.6 is 34.5 Å². The molecule has 300 valence electrons. The predicted octanol–water partition coefficient (Wildman–Crippen LogP) is 9.46. The maximum atomic E-state index is 14.2. The molecule has 0 spiro atoms. The van der Waals surface area contributed by atoms with Gasteiger partial charge in [0.25, 0.3) is 6.92 Å². The molecule has 1 unspecified atom stereocenters. The first-order valence-electron chi connectivity index (χ1n) is 18.5. The van der Waals surface area contributed by atoms with Gasteiger partial charge in [-0.1, -0.05) is 84.6 Å². The van der Waals surface area contributed by atoms with E-state index in [1.807, 2.05) is 41.8 Å². The highest BCUT2D eigenvalue weighted by atomic mass is 35.5. The van der Waals surface area contributed by atoms with Crippen LogP contribution in [0.4, 0.5) is 8.78 Å². The lowest BCUT2D eigenvalue weighted by molar-refractivity contribution is -0.145. The smallest absolute Gasteiger partial charge is 0.393 e. The highest BCUT2D eigenvalue weighted by molar-refractivity contribution is 7.85. The maximum absolute atomic E-state index is 14.2. The Morgan fingerprint density at radius 2 is 1.47 bits per heavy atom. The summed E-state index contributed by atoms with van der Waals surface area (Å²) < 4.78 is 62.8. The van der Waals surface area contributed by atoms with Crippen LogP contribution in [-0.4, -0.2) is 61.9 Å². The molecule has 4 aromatic carbocycles. The second-order valence-electron chi connectivity index (χ2n) is 13.9. The molecule has 1 saturated heterocycles. The molecule has 57 heavy (non-hydrogen) atoms. The van der Waals surface area contributed by atoms with Gasteiger partial charge in [-0.2, -0.15) is 12.6 Å². The maximum Gasteiger partial charge on any atom is 0.393 e. The van der Waals surface area contributed by atoms with Crippen LogP contribution in [0.2, 0.25) is 30.0 Å². The standard InChI is InChI=1S/C25H27BClFO3S.C16H16BClFNO4S/c1-3-31-25(29)22(24-5-4-12-32-24)14-18(16-26(2)30)13-17-6-8-19(9-7-17)21-15-20(27)10-11-23(21)28;1-17(21)20-14(10-24-25(20,22)23)8-11-2-4-12(5-3-11)15-9-13(18)6-7-16(15)19/h4-12,15,18,22,30H,3,13-14,16H2,1-2H3;2-7,9,14,21H,8,10H2,1H3/t18-,22?;14-/m11/s1. The number of carbonyl (C=O) groups excluding carboxylic acids is 1. The van der Waals surface area contributed by atoms with Crippen LogP contribution in [-0.2, 0) is 36.9 Å². The summed E-state index contributed by atoms with van der Waals surface area (Å²) in [5, 5.41) is 22.7. The van der Waals surface area contributed by atoms with Crippen molar-refractivity contribution in [3.8, 4) is 22.3 Å². The molecule has 0 saturated carbocycles. The van der Waals surface area contributed by atoms with Crippen molar-refractivity contribution in [2.75, 3.05) is 13.2 Å². The fourth-order valence-corrected chi connectivity index (χ4v) is 9.44. The molecule has 0 radical (unpaired) electrons. The summed E-state index contributed by atoms with van der Waals surface area (Å²) in [7, 11) is -5.07. The van der Waals surface area contributed by atoms with Gasteiger partial charge in [-0.05, 0) is 115 Å². The summed E-state index contributed by atoms with van der Waals surface area (Å²) >= 11 is 13.5. The molecule has 3 atom stereocenters. The predicted molar refractivity (Wildman–Crippen MR) is 226 cm³/mol. The number of halogens is 4. The van der Waals surface area contributed by atoms with E-state index < -0.39 is 30.3 Å². The van der Waals surface area contributed by atoms with Crippen molar-refractivity contribution >= 4 is 64.8 Å². The zero-order chi connectivity index (χ0) is 41.3. The third-order valence-corrected chi connectivity index (χ3v) is 12.5. The Morgan fingerprint density at radius 1 is 0.912 bits per heavy atom. The first-order chi connectivity index (χ1) is 27.1. The molecular formula is C41H43B2Cl2F2NO7S2. The van der Waals surface area contributed by atoms with Crippen LogP contribution in [0.5, 0.6) is 0 Å². The van der Waals surface area contributed by atoms with E-state index >= 15 is 0 Å². The zero-order valence-electron chi connectivity index (χ0n) is 31.7. The molecule has 1 aromatic heterocycles. The second-order valence-corrected chi connectivity index (χ2v) is 17.3. The average molecular weight is 856 g/mol. The van der Waals surface area contributed by atoms with Crippen molar-refractivity contribution in [2.45, 2.75) is 58.1 Å². The fraction of sp³-hybridized carbons (Fsp3) is 0.293. The monoisotopic (exact) mass is 855 g/mol. The lowest BCUT2D eigenvalue weighted by atomic mass is 9.62. The van der Waals surface area contributed by atoms with Gasteiger partial charge in [0.1, 0.15) is 11.6 Å². The van der Waals surface area contributed by atoms with Gasteiger partial charge in [-0.3, -0.25) is 8.98 Å². The third kappa shape index (κ3) is 12.2. The lowest BCUT2D eigenvalue weighted by Gasteiger charge is -2.23. The molecule has 0 bridgehead atoms. The number of hydrogen-bond acceptors (Lipinski definition) is 8. The molecule has 6 rings (SSSR count). The molecule has 1 aliphatic heterocycles. The molecule has 1 aliphatic rings. The summed E-state index contributed by atoms with van der Waals surface area (Å²) in [4.78, 5) is 13.6. The van der Waals surface area contributed by atoms with Crippen molar-refractivity contribution in [1.82, 2.24) is 4.22 Å². The van der Waals surface area contributed by atoms with E-state index in [9.17, 15) is 32.0 Å². The van der Waals surface area contributed by atoms with Crippen LogP contribution in [0.1, 0.15) is 35.3 Å². The van der Waals surface area contributed by atoms with Gasteiger partial charge in [0.15, 0.2) is 0 Å². The Hall–Kier alpha value is -3.59. The Balaban J connectivity index is 0.000000224. The van der Waals surface area contributed by atoms with Crippen molar-refractivity contribution in [1.29, 1.82) is 0 Å². The van der Waals surface area contributed by atoms with Crippen molar-refractivity contribution in [3.63, 3.8) is 0 Å². The largest absolute Gasteiger partial charge is 0.465 e. The highest BCUT2D eigenvalue weighted by Crippen LogP contribution is 2.34. The van der Waals surface area contributed by atoms with E-state index in [0.717, 1.165) is 25.8 Å². The van der Waals surface area contributed by atoms with Gasteiger partial charge in [0, 0.05) is 32.1 Å². The lowest BCUT2D eigenvalue weighted by Crippen LogP contribution is -2.45. The molecule has 2 heterocycles. The molecule has 2 N–H and O–H groups in total. The van der Waals surface area contributed by atoms with Gasteiger partial charge >= 0.3 is 23.3 Å². The number of hydrogen-bond donors (Lipinski definition) is 2. The molecule has 8 nitrogen and oxygen atoms in total. The van der Waals surface area contributed by atoms with Gasteiger partial charge in [-0.25, -0.2) is 8.78 Å². The number of ether oxygens (including phenoxy) is 1. The molecule has 1 fully saturated rings. The number of benzene rings is 4. The Labute approximate surface area is 347 Å². The summed E-state index contributed by atoms with van der Waals surface area (Å²) in [6.07, 6.45) is 2.24. The van der Waals surface area contributed by atoms with E-state index in [4.69, 9.17) is 32.1 Å². The number of thiophene rings is 1. The second kappa shape index (κ2) is 20.4. The van der Waals surface area contributed by atoms with E-state index in [1.54, 1.807) is 61.5 Å². The Morgan fingerprint density at radius 3 is 1.96 bits per heavy atom. The van der Waals surface area contributed by atoms with E-state index in [0.29, 0.717) is 58.9 Å².